The van der Waals surface area contributed by atoms with Crippen LogP contribution in [0.1, 0.15) is 30.4 Å². The van der Waals surface area contributed by atoms with Crippen LogP contribution in [0.3, 0.4) is 0 Å². The zero-order chi connectivity index (χ0) is 14.0. The lowest BCUT2D eigenvalue weighted by molar-refractivity contribution is -0.123. The fraction of sp³-hybridized carbons (Fsp3) is 0.529. The average molecular weight is 269 g/mol. The molecule has 104 valence electrons. The van der Waals surface area contributed by atoms with Crippen LogP contribution in [0.5, 0.6) is 0 Å². The molecule has 0 aromatic heterocycles. The van der Waals surface area contributed by atoms with Crippen molar-refractivity contribution in [1.29, 1.82) is 0 Å². The second-order valence-corrected chi connectivity index (χ2v) is 6.67. The Morgan fingerprint density at radius 2 is 1.55 bits per heavy atom. The Hall–Kier alpha value is -1.64. The predicted octanol–water partition coefficient (Wildman–Crippen LogP) is 2.84. The molecule has 0 N–H and O–H groups in total. The first kappa shape index (κ1) is 12.1. The van der Waals surface area contributed by atoms with Crippen molar-refractivity contribution < 1.29 is 9.59 Å². The number of hydrogen-bond donors (Lipinski definition) is 0. The van der Waals surface area contributed by atoms with E-state index in [0.29, 0.717) is 11.8 Å². The first-order valence-corrected chi connectivity index (χ1v) is 7.53. The molecule has 1 aliphatic heterocycles. The molecular weight excluding hydrogens is 250 g/mol. The maximum Gasteiger partial charge on any atom is 0.237 e. The van der Waals surface area contributed by atoms with Gasteiger partial charge in [0.15, 0.2) is 0 Å². The third kappa shape index (κ3) is 1.41. The monoisotopic (exact) mass is 269 g/mol. The summed E-state index contributed by atoms with van der Waals surface area (Å²) in [5, 5.41) is 0. The van der Waals surface area contributed by atoms with Gasteiger partial charge in [-0.05, 0) is 68.2 Å². The zero-order valence-corrected chi connectivity index (χ0v) is 11.9. The number of anilines is 1. The van der Waals surface area contributed by atoms with Gasteiger partial charge in [0, 0.05) is 0 Å². The summed E-state index contributed by atoms with van der Waals surface area (Å²) in [6.45, 7) is 4.07. The smallest absolute Gasteiger partial charge is 0.237 e. The van der Waals surface area contributed by atoms with Gasteiger partial charge in [0.25, 0.3) is 0 Å². The summed E-state index contributed by atoms with van der Waals surface area (Å²) in [6, 6.07) is 5.86. The quantitative estimate of drug-likeness (QED) is 0.735. The maximum atomic E-state index is 12.7. The lowest BCUT2D eigenvalue weighted by Gasteiger charge is -2.19. The van der Waals surface area contributed by atoms with Gasteiger partial charge in [-0.25, -0.2) is 0 Å². The fourth-order valence-corrected chi connectivity index (χ4v) is 4.53. The van der Waals surface area contributed by atoms with Crippen molar-refractivity contribution in [2.75, 3.05) is 4.90 Å². The lowest BCUT2D eigenvalue weighted by atomic mass is 9.81. The second-order valence-electron chi connectivity index (χ2n) is 6.67. The van der Waals surface area contributed by atoms with Crippen LogP contribution in [0.4, 0.5) is 5.69 Å². The molecule has 0 radical (unpaired) electrons. The Kier molecular flexibility index (Phi) is 2.39. The minimum absolute atomic E-state index is 0.0251. The van der Waals surface area contributed by atoms with Crippen LogP contribution in [-0.4, -0.2) is 11.8 Å². The van der Waals surface area contributed by atoms with Gasteiger partial charge in [-0.2, -0.15) is 0 Å². The highest BCUT2D eigenvalue weighted by atomic mass is 16.2. The normalized spacial score (nSPS) is 35.0. The summed E-state index contributed by atoms with van der Waals surface area (Å²) in [5.74, 6) is 0.965. The fourth-order valence-electron chi connectivity index (χ4n) is 4.53. The van der Waals surface area contributed by atoms with Crippen LogP contribution in [0, 0.1) is 37.5 Å². The van der Waals surface area contributed by atoms with Crippen molar-refractivity contribution in [1.82, 2.24) is 0 Å². The second kappa shape index (κ2) is 3.94. The molecule has 2 saturated carbocycles. The Morgan fingerprint density at radius 3 is 2.10 bits per heavy atom. The topological polar surface area (TPSA) is 37.4 Å². The molecule has 3 heteroatoms. The molecule has 1 aromatic rings. The molecule has 0 unspecified atom stereocenters. The summed E-state index contributed by atoms with van der Waals surface area (Å²) in [4.78, 5) is 26.8. The van der Waals surface area contributed by atoms with Gasteiger partial charge in [0.05, 0.1) is 17.5 Å². The number of fused-ring (bicyclic) bond motifs is 5. The molecular formula is C17H19NO2. The molecule has 4 rings (SSSR count). The van der Waals surface area contributed by atoms with Gasteiger partial charge in [-0.1, -0.05) is 6.07 Å². The van der Waals surface area contributed by atoms with Crippen LogP contribution in [0.25, 0.3) is 0 Å². The minimum Gasteiger partial charge on any atom is -0.274 e. The molecule has 1 aromatic carbocycles. The molecule has 0 spiro atoms. The Labute approximate surface area is 119 Å². The number of rotatable bonds is 1. The average Bonchev–Trinajstić information content (AvgIpc) is 3.08. The molecule has 1 saturated heterocycles. The summed E-state index contributed by atoms with van der Waals surface area (Å²) in [7, 11) is 0. The van der Waals surface area contributed by atoms with E-state index < -0.39 is 0 Å². The number of imide groups is 1. The third-order valence-corrected chi connectivity index (χ3v) is 5.68. The van der Waals surface area contributed by atoms with E-state index in [2.05, 4.69) is 0 Å². The number of aryl methyl sites for hydroxylation is 2. The van der Waals surface area contributed by atoms with E-state index in [1.54, 1.807) is 0 Å². The van der Waals surface area contributed by atoms with E-state index in [9.17, 15) is 9.59 Å². The first-order valence-electron chi connectivity index (χ1n) is 7.53. The summed E-state index contributed by atoms with van der Waals surface area (Å²) in [6.07, 6.45) is 3.35. The summed E-state index contributed by atoms with van der Waals surface area (Å²) >= 11 is 0. The van der Waals surface area contributed by atoms with E-state index in [1.807, 2.05) is 32.0 Å². The van der Waals surface area contributed by atoms with Crippen LogP contribution < -0.4 is 4.90 Å². The standard InChI is InChI=1S/C17H19NO2/c1-9-3-6-13(7-10(9)2)18-16(19)14-11-4-5-12(8-11)15(14)17(18)20/h3,6-7,11-12,14-15H,4-5,8H2,1-2H3/t11-,12-,14+,15+/m0/s1. The highest BCUT2D eigenvalue weighted by Crippen LogP contribution is 2.56. The predicted molar refractivity (Wildman–Crippen MR) is 76.2 cm³/mol. The first-order chi connectivity index (χ1) is 9.58. The van der Waals surface area contributed by atoms with E-state index in [4.69, 9.17) is 0 Å². The molecule has 1 heterocycles. The van der Waals surface area contributed by atoms with E-state index in [-0.39, 0.29) is 23.7 Å². The number of carbonyl (C=O) groups excluding carboxylic acids is 2. The molecule has 2 aliphatic carbocycles. The van der Waals surface area contributed by atoms with Crippen LogP contribution in [0.15, 0.2) is 18.2 Å². The van der Waals surface area contributed by atoms with Gasteiger partial charge in [-0.15, -0.1) is 0 Å². The van der Waals surface area contributed by atoms with Gasteiger partial charge >= 0.3 is 0 Å². The van der Waals surface area contributed by atoms with Crippen molar-refractivity contribution in [3.8, 4) is 0 Å². The third-order valence-electron chi connectivity index (χ3n) is 5.68. The summed E-state index contributed by atoms with van der Waals surface area (Å²) in [5.41, 5.74) is 3.08. The Bertz CT molecular complexity index is 593. The van der Waals surface area contributed by atoms with Gasteiger partial charge < -0.3 is 0 Å². The number of benzene rings is 1. The van der Waals surface area contributed by atoms with Crippen molar-refractivity contribution in [2.45, 2.75) is 33.1 Å². The highest BCUT2D eigenvalue weighted by molar-refractivity contribution is 6.22. The molecule has 3 nitrogen and oxygen atoms in total. The van der Waals surface area contributed by atoms with Crippen LogP contribution >= 0.6 is 0 Å². The van der Waals surface area contributed by atoms with Crippen molar-refractivity contribution in [3.63, 3.8) is 0 Å². The largest absolute Gasteiger partial charge is 0.274 e. The van der Waals surface area contributed by atoms with Gasteiger partial charge in [0.2, 0.25) is 11.8 Å². The highest BCUT2D eigenvalue weighted by Gasteiger charge is 2.61. The van der Waals surface area contributed by atoms with Crippen LogP contribution in [-0.2, 0) is 9.59 Å². The van der Waals surface area contributed by atoms with Crippen LogP contribution in [0.2, 0.25) is 0 Å². The molecule has 3 fully saturated rings. The van der Waals surface area contributed by atoms with Crippen molar-refractivity contribution in [3.05, 3.63) is 29.3 Å². The van der Waals surface area contributed by atoms with E-state index in [1.165, 1.54) is 10.5 Å². The molecule has 20 heavy (non-hydrogen) atoms. The van der Waals surface area contributed by atoms with Crippen molar-refractivity contribution in [2.24, 2.45) is 23.7 Å². The zero-order valence-electron chi connectivity index (χ0n) is 11.9. The number of hydrogen-bond acceptors (Lipinski definition) is 2. The number of carbonyl (C=O) groups is 2. The van der Waals surface area contributed by atoms with Crippen molar-refractivity contribution >= 4 is 17.5 Å². The van der Waals surface area contributed by atoms with Gasteiger partial charge in [-0.3, -0.25) is 14.5 Å². The number of nitrogens with zero attached hydrogens (tertiary/aromatic N) is 1. The minimum atomic E-state index is -0.0251. The lowest BCUT2D eigenvalue weighted by Crippen LogP contribution is -2.32. The van der Waals surface area contributed by atoms with E-state index >= 15 is 0 Å². The maximum absolute atomic E-state index is 12.7. The molecule has 2 amide bonds. The SMILES string of the molecule is Cc1ccc(N2C(=O)[C@@H]3[C@H]4CC[C@@H](C4)[C@H]3C2=O)cc1C. The summed E-state index contributed by atoms with van der Waals surface area (Å²) < 4.78 is 0. The Balaban J connectivity index is 1.74. The van der Waals surface area contributed by atoms with E-state index in [0.717, 1.165) is 30.5 Å². The molecule has 3 aliphatic rings. The molecule has 4 atom stereocenters. The number of amides is 2. The van der Waals surface area contributed by atoms with Gasteiger partial charge in [0.1, 0.15) is 0 Å². The molecule has 2 bridgehead atoms. The Morgan fingerprint density at radius 1 is 0.950 bits per heavy atom.